The predicted molar refractivity (Wildman–Crippen MR) is 59.8 cm³/mol. The van der Waals surface area contributed by atoms with Crippen molar-refractivity contribution < 1.29 is 4.43 Å². The smallest absolute Gasteiger partial charge is 0.433 e. The van der Waals surface area contributed by atoms with E-state index in [1.807, 2.05) is 30.3 Å². The maximum absolute atomic E-state index is 5.64. The second-order valence-electron chi connectivity index (χ2n) is 2.48. The summed E-state index contributed by atoms with van der Waals surface area (Å²) in [6.07, 6.45) is 2.59. The lowest BCUT2D eigenvalue weighted by Gasteiger charge is -2.09. The molecule has 0 atom stereocenters. The van der Waals surface area contributed by atoms with Crippen molar-refractivity contribution in [1.29, 1.82) is 0 Å². The predicted octanol–water partition coefficient (Wildman–Crippen LogP) is 2.99. The molecule has 1 rings (SSSR count). The van der Waals surface area contributed by atoms with Gasteiger partial charge in [-0.1, -0.05) is 24.3 Å². The largest absolute Gasteiger partial charge is 0.520 e. The van der Waals surface area contributed by atoms with Crippen LogP contribution in [-0.2, 0) is 6.42 Å². The Labute approximate surface area is 89.1 Å². The van der Waals surface area contributed by atoms with Gasteiger partial charge in [0.2, 0.25) is 0 Å². The molecule has 0 spiro atoms. The lowest BCUT2D eigenvalue weighted by Crippen LogP contribution is -2.06. The summed E-state index contributed by atoms with van der Waals surface area (Å²) in [6.45, 7) is 3.67. The third kappa shape index (κ3) is 3.42. The van der Waals surface area contributed by atoms with Crippen LogP contribution < -0.4 is 4.43 Å². The Hall–Kier alpha value is -0.443. The van der Waals surface area contributed by atoms with Crippen LogP contribution >= 0.6 is 22.2 Å². The monoisotopic (exact) mass is 232 g/mol. The summed E-state index contributed by atoms with van der Waals surface area (Å²) in [5.74, 6) is 0.768. The topological polar surface area (TPSA) is 9.23 Å². The lowest BCUT2D eigenvalue weighted by atomic mass is 10.1. The molecule has 0 heterocycles. The van der Waals surface area contributed by atoms with Gasteiger partial charge in [-0.3, -0.25) is 0 Å². The van der Waals surface area contributed by atoms with Crippen molar-refractivity contribution in [2.24, 2.45) is 0 Å². The molecule has 0 aromatic heterocycles. The first-order chi connectivity index (χ1) is 6.24. The molecule has 0 aliphatic heterocycles. The van der Waals surface area contributed by atoms with Crippen LogP contribution in [0.15, 0.2) is 36.9 Å². The van der Waals surface area contributed by atoms with Gasteiger partial charge in [-0.15, -0.1) is 28.7 Å². The number of halogens is 2. The van der Waals surface area contributed by atoms with Gasteiger partial charge in [0.05, 0.1) is 0 Å². The summed E-state index contributed by atoms with van der Waals surface area (Å²) in [7, 11) is -2.04. The fraction of sp³-hybridized carbons (Fsp3) is 0.111. The Morgan fingerprint density at radius 1 is 1.38 bits per heavy atom. The van der Waals surface area contributed by atoms with Crippen molar-refractivity contribution in [2.75, 3.05) is 0 Å². The van der Waals surface area contributed by atoms with Crippen molar-refractivity contribution in [1.82, 2.24) is 0 Å². The molecule has 0 saturated heterocycles. The molecule has 4 heteroatoms. The Morgan fingerprint density at radius 2 is 2.08 bits per heavy atom. The average molecular weight is 233 g/mol. The van der Waals surface area contributed by atoms with E-state index in [2.05, 4.69) is 6.58 Å². The van der Waals surface area contributed by atoms with Crippen LogP contribution in [0.4, 0.5) is 0 Å². The van der Waals surface area contributed by atoms with Crippen LogP contribution in [0.25, 0.3) is 0 Å². The molecule has 0 aliphatic carbocycles. The van der Waals surface area contributed by atoms with Gasteiger partial charge in [-0.2, -0.15) is 0 Å². The summed E-state index contributed by atoms with van der Waals surface area (Å²) in [4.78, 5) is 0. The number of allylic oxidation sites excluding steroid dienone is 1. The molecular formula is C9H10Cl2OSi. The van der Waals surface area contributed by atoms with Crippen molar-refractivity contribution in [2.45, 2.75) is 6.42 Å². The van der Waals surface area contributed by atoms with E-state index in [1.165, 1.54) is 0 Å². The molecule has 0 radical (unpaired) electrons. The van der Waals surface area contributed by atoms with E-state index in [-0.39, 0.29) is 0 Å². The normalized spacial score (nSPS) is 10.1. The standard InChI is InChI=1S/C9H10Cl2OSi/c1-2-5-8-6-3-4-7-9(8)12-13(10)11/h2-4,6-7,13H,1,5H2. The van der Waals surface area contributed by atoms with E-state index in [1.54, 1.807) is 0 Å². The van der Waals surface area contributed by atoms with Gasteiger partial charge in [-0.05, 0) is 18.1 Å². The molecule has 1 nitrogen and oxygen atoms in total. The van der Waals surface area contributed by atoms with E-state index >= 15 is 0 Å². The first-order valence-electron chi connectivity index (χ1n) is 3.87. The van der Waals surface area contributed by atoms with Gasteiger partial charge in [0.15, 0.2) is 0 Å². The molecule has 0 saturated carbocycles. The highest BCUT2D eigenvalue weighted by atomic mass is 35.7. The first kappa shape index (κ1) is 10.6. The fourth-order valence-electron chi connectivity index (χ4n) is 1.04. The van der Waals surface area contributed by atoms with Gasteiger partial charge in [0, 0.05) is 0 Å². The van der Waals surface area contributed by atoms with E-state index in [0.29, 0.717) is 0 Å². The zero-order chi connectivity index (χ0) is 9.68. The molecule has 1 aromatic rings. The van der Waals surface area contributed by atoms with Gasteiger partial charge >= 0.3 is 7.66 Å². The second-order valence-corrected chi connectivity index (χ2v) is 6.28. The molecule has 0 amide bonds. The van der Waals surface area contributed by atoms with Crippen molar-refractivity contribution in [3.05, 3.63) is 42.5 Å². The molecule has 0 N–H and O–H groups in total. The van der Waals surface area contributed by atoms with Crippen LogP contribution in [0.1, 0.15) is 5.56 Å². The van der Waals surface area contributed by atoms with Crippen LogP contribution in [-0.4, -0.2) is 7.66 Å². The van der Waals surface area contributed by atoms with Gasteiger partial charge < -0.3 is 4.43 Å². The quantitative estimate of drug-likeness (QED) is 0.441. The highest BCUT2D eigenvalue weighted by Crippen LogP contribution is 2.20. The lowest BCUT2D eigenvalue weighted by molar-refractivity contribution is 0.596. The first-order valence-corrected chi connectivity index (χ1v) is 7.84. The summed E-state index contributed by atoms with van der Waals surface area (Å²) in [5, 5.41) is 0. The molecule has 0 bridgehead atoms. The van der Waals surface area contributed by atoms with Crippen LogP contribution in [0.5, 0.6) is 5.75 Å². The maximum Gasteiger partial charge on any atom is 0.433 e. The maximum atomic E-state index is 5.64. The minimum absolute atomic E-state index is 0.768. The molecule has 13 heavy (non-hydrogen) atoms. The summed E-state index contributed by atoms with van der Waals surface area (Å²) < 4.78 is 5.32. The van der Waals surface area contributed by atoms with E-state index in [4.69, 9.17) is 26.6 Å². The fourth-order valence-corrected chi connectivity index (χ4v) is 2.04. The number of hydrogen-bond donors (Lipinski definition) is 0. The van der Waals surface area contributed by atoms with Gasteiger partial charge in [-0.25, -0.2) is 0 Å². The minimum Gasteiger partial charge on any atom is -0.520 e. The highest BCUT2D eigenvalue weighted by molar-refractivity contribution is 7.31. The summed E-state index contributed by atoms with van der Waals surface area (Å²) in [5.41, 5.74) is 1.07. The van der Waals surface area contributed by atoms with Gasteiger partial charge in [0.1, 0.15) is 5.75 Å². The van der Waals surface area contributed by atoms with Gasteiger partial charge in [0.25, 0.3) is 0 Å². The van der Waals surface area contributed by atoms with Crippen LogP contribution in [0, 0.1) is 0 Å². The number of benzene rings is 1. The highest BCUT2D eigenvalue weighted by Gasteiger charge is 2.07. The second kappa shape index (κ2) is 5.32. The Kier molecular flexibility index (Phi) is 4.35. The average Bonchev–Trinajstić information content (AvgIpc) is 2.08. The Balaban J connectivity index is 2.83. The Morgan fingerprint density at radius 3 is 2.69 bits per heavy atom. The van der Waals surface area contributed by atoms with E-state index < -0.39 is 7.66 Å². The molecule has 0 unspecified atom stereocenters. The molecule has 70 valence electrons. The number of para-hydroxylation sites is 1. The molecule has 0 fully saturated rings. The number of hydrogen-bond acceptors (Lipinski definition) is 1. The third-order valence-electron chi connectivity index (χ3n) is 1.55. The Bertz CT molecular complexity index is 289. The van der Waals surface area contributed by atoms with Crippen molar-refractivity contribution in [3.8, 4) is 5.75 Å². The van der Waals surface area contributed by atoms with Crippen molar-refractivity contribution >= 4 is 29.8 Å². The summed E-state index contributed by atoms with van der Waals surface area (Å²) in [6, 6.07) is 7.68. The molecular weight excluding hydrogens is 223 g/mol. The van der Waals surface area contributed by atoms with Crippen molar-refractivity contribution in [3.63, 3.8) is 0 Å². The zero-order valence-corrected chi connectivity index (χ0v) is 9.71. The SMILES string of the molecule is C=CCc1ccccc1O[SiH](Cl)Cl. The van der Waals surface area contributed by atoms with E-state index in [9.17, 15) is 0 Å². The molecule has 0 aliphatic rings. The minimum atomic E-state index is -2.04. The van der Waals surface area contributed by atoms with E-state index in [0.717, 1.165) is 17.7 Å². The zero-order valence-electron chi connectivity index (χ0n) is 7.04. The summed E-state index contributed by atoms with van der Waals surface area (Å²) >= 11 is 11.3. The van der Waals surface area contributed by atoms with Crippen LogP contribution in [0.3, 0.4) is 0 Å². The van der Waals surface area contributed by atoms with Crippen LogP contribution in [0.2, 0.25) is 0 Å². The number of rotatable bonds is 4. The third-order valence-corrected chi connectivity index (χ3v) is 2.52. The molecule has 1 aromatic carbocycles.